The summed E-state index contributed by atoms with van der Waals surface area (Å²) in [6.45, 7) is 0. The number of benzene rings is 1. The second kappa shape index (κ2) is 5.31. The number of oxime groups is 1. The maximum Gasteiger partial charge on any atom is 0.350 e. The van der Waals surface area contributed by atoms with Crippen LogP contribution in [0.15, 0.2) is 35.5 Å². The highest BCUT2D eigenvalue weighted by Gasteiger charge is 2.32. The van der Waals surface area contributed by atoms with Crippen LogP contribution in [0.1, 0.15) is 6.42 Å². The first-order chi connectivity index (χ1) is 8.70. The van der Waals surface area contributed by atoms with E-state index in [1.54, 1.807) is 24.3 Å². The van der Waals surface area contributed by atoms with Gasteiger partial charge in [-0.3, -0.25) is 4.79 Å². The summed E-state index contributed by atoms with van der Waals surface area (Å²) in [5, 5.41) is 6.25. The number of methoxy groups -OCH3 is 1. The van der Waals surface area contributed by atoms with Gasteiger partial charge in [0, 0.05) is 12.1 Å². The number of para-hydroxylation sites is 1. The predicted molar refractivity (Wildman–Crippen MR) is 64.0 cm³/mol. The molecule has 6 heteroatoms. The Morgan fingerprint density at radius 1 is 1.39 bits per heavy atom. The predicted octanol–water partition coefficient (Wildman–Crippen LogP) is 0.943. The van der Waals surface area contributed by atoms with Crippen molar-refractivity contribution in [3.8, 4) is 0 Å². The van der Waals surface area contributed by atoms with Gasteiger partial charge in [-0.15, -0.1) is 0 Å². The number of rotatable bonds is 3. The summed E-state index contributed by atoms with van der Waals surface area (Å²) in [5.74, 6) is -0.922. The lowest BCUT2D eigenvalue weighted by Crippen LogP contribution is -2.26. The van der Waals surface area contributed by atoms with Gasteiger partial charge < -0.3 is 14.9 Å². The van der Waals surface area contributed by atoms with Gasteiger partial charge in [-0.05, 0) is 12.1 Å². The highest BCUT2D eigenvalue weighted by Crippen LogP contribution is 2.14. The molecule has 1 amide bonds. The molecule has 1 heterocycles. The lowest BCUT2D eigenvalue weighted by Gasteiger charge is -2.04. The van der Waals surface area contributed by atoms with E-state index >= 15 is 0 Å². The maximum absolute atomic E-state index is 11.8. The quantitative estimate of drug-likeness (QED) is 0.808. The number of nitrogens with zero attached hydrogens (tertiary/aromatic N) is 1. The lowest BCUT2D eigenvalue weighted by atomic mass is 10.1. The molecule has 1 atom stereocenters. The van der Waals surface area contributed by atoms with E-state index in [2.05, 4.69) is 15.2 Å². The fraction of sp³-hybridized carbons (Fsp3) is 0.250. The standard InChI is InChI=1S/C12H12N2O4/c1-17-12(16)10-7-9(14-18-10)11(15)13-8-5-3-2-4-6-8/h2-6,10H,7H2,1H3,(H,13,15)/t10-/m0/s1. The topological polar surface area (TPSA) is 77.0 Å². The summed E-state index contributed by atoms with van der Waals surface area (Å²) >= 11 is 0. The Bertz CT molecular complexity index is 484. The molecule has 94 valence electrons. The molecule has 1 aliphatic heterocycles. The minimum Gasteiger partial charge on any atom is -0.466 e. The van der Waals surface area contributed by atoms with Gasteiger partial charge >= 0.3 is 5.97 Å². The van der Waals surface area contributed by atoms with Gasteiger partial charge in [0.15, 0.2) is 0 Å². The largest absolute Gasteiger partial charge is 0.466 e. The molecule has 1 N–H and O–H groups in total. The zero-order valence-electron chi connectivity index (χ0n) is 9.75. The van der Waals surface area contributed by atoms with Crippen LogP contribution in [0, 0.1) is 0 Å². The fourth-order valence-corrected chi connectivity index (χ4v) is 1.49. The van der Waals surface area contributed by atoms with E-state index in [0.29, 0.717) is 5.69 Å². The molecule has 1 aromatic carbocycles. The van der Waals surface area contributed by atoms with E-state index in [1.165, 1.54) is 7.11 Å². The van der Waals surface area contributed by atoms with Crippen LogP contribution in [0.4, 0.5) is 5.69 Å². The van der Waals surface area contributed by atoms with Gasteiger partial charge in [-0.2, -0.15) is 0 Å². The normalized spacial score (nSPS) is 17.6. The van der Waals surface area contributed by atoms with Crippen LogP contribution in [0.2, 0.25) is 0 Å². The van der Waals surface area contributed by atoms with Gasteiger partial charge in [0.2, 0.25) is 6.10 Å². The summed E-state index contributed by atoms with van der Waals surface area (Å²) in [5.41, 5.74) is 0.834. The first-order valence-electron chi connectivity index (χ1n) is 5.37. The van der Waals surface area contributed by atoms with Crippen molar-refractivity contribution in [1.29, 1.82) is 0 Å². The van der Waals surface area contributed by atoms with Crippen LogP contribution in [0.5, 0.6) is 0 Å². The minimum atomic E-state index is -0.827. The molecule has 2 rings (SSSR count). The molecule has 0 saturated carbocycles. The third kappa shape index (κ3) is 2.65. The molecule has 0 aromatic heterocycles. The molecule has 0 radical (unpaired) electrons. The molecule has 1 aromatic rings. The summed E-state index contributed by atoms with van der Waals surface area (Å²) in [6, 6.07) is 8.97. The molecular formula is C12H12N2O4. The van der Waals surface area contributed by atoms with Crippen molar-refractivity contribution >= 4 is 23.3 Å². The molecule has 0 bridgehead atoms. The Morgan fingerprint density at radius 2 is 2.11 bits per heavy atom. The molecule has 0 spiro atoms. The van der Waals surface area contributed by atoms with Crippen molar-refractivity contribution in [2.75, 3.05) is 12.4 Å². The van der Waals surface area contributed by atoms with E-state index < -0.39 is 12.1 Å². The van der Waals surface area contributed by atoms with Crippen molar-refractivity contribution in [3.63, 3.8) is 0 Å². The number of nitrogens with one attached hydrogen (secondary N) is 1. The smallest absolute Gasteiger partial charge is 0.350 e. The SMILES string of the molecule is COC(=O)[C@@H]1CC(C(=O)Nc2ccccc2)=NO1. The molecule has 0 saturated heterocycles. The van der Waals surface area contributed by atoms with Crippen LogP contribution < -0.4 is 5.32 Å². The number of carbonyl (C=O) groups excluding carboxylic acids is 2. The number of anilines is 1. The van der Waals surface area contributed by atoms with Crippen molar-refractivity contribution in [3.05, 3.63) is 30.3 Å². The highest BCUT2D eigenvalue weighted by atomic mass is 16.7. The molecule has 1 aliphatic rings. The van der Waals surface area contributed by atoms with Crippen molar-refractivity contribution < 1.29 is 19.2 Å². The van der Waals surface area contributed by atoms with Crippen LogP contribution in [0.25, 0.3) is 0 Å². The summed E-state index contributed by atoms with van der Waals surface area (Å²) in [7, 11) is 1.26. The third-order valence-corrected chi connectivity index (χ3v) is 2.43. The Labute approximate surface area is 104 Å². The Hall–Kier alpha value is -2.37. The average Bonchev–Trinajstić information content (AvgIpc) is 2.88. The van der Waals surface area contributed by atoms with E-state index in [4.69, 9.17) is 4.84 Å². The molecular weight excluding hydrogens is 236 g/mol. The van der Waals surface area contributed by atoms with Gasteiger partial charge in [-0.1, -0.05) is 23.4 Å². The van der Waals surface area contributed by atoms with Crippen LogP contribution in [-0.2, 0) is 19.2 Å². The second-order valence-electron chi connectivity index (χ2n) is 3.68. The number of carbonyl (C=O) groups is 2. The Balaban J connectivity index is 1.94. The molecule has 0 aliphatic carbocycles. The first-order valence-corrected chi connectivity index (χ1v) is 5.37. The lowest BCUT2D eigenvalue weighted by molar-refractivity contribution is -0.152. The van der Waals surface area contributed by atoms with Crippen LogP contribution in [0.3, 0.4) is 0 Å². The number of amides is 1. The van der Waals surface area contributed by atoms with Crippen LogP contribution in [-0.4, -0.2) is 30.8 Å². The third-order valence-electron chi connectivity index (χ3n) is 2.43. The van der Waals surface area contributed by atoms with E-state index in [1.807, 2.05) is 6.07 Å². The second-order valence-corrected chi connectivity index (χ2v) is 3.68. The van der Waals surface area contributed by atoms with Crippen LogP contribution >= 0.6 is 0 Å². The Kier molecular flexibility index (Phi) is 3.57. The number of hydrogen-bond donors (Lipinski definition) is 1. The molecule has 18 heavy (non-hydrogen) atoms. The average molecular weight is 248 g/mol. The van der Waals surface area contributed by atoms with Gasteiger partial charge in [0.1, 0.15) is 5.71 Å². The fourth-order valence-electron chi connectivity index (χ4n) is 1.49. The number of ether oxygens (including phenoxy) is 1. The van der Waals surface area contributed by atoms with E-state index in [9.17, 15) is 9.59 Å². The number of esters is 1. The van der Waals surface area contributed by atoms with Gasteiger partial charge in [-0.25, -0.2) is 4.79 Å². The monoisotopic (exact) mass is 248 g/mol. The van der Waals surface area contributed by atoms with Crippen molar-refractivity contribution in [1.82, 2.24) is 0 Å². The van der Waals surface area contributed by atoms with Crippen molar-refractivity contribution in [2.45, 2.75) is 12.5 Å². The van der Waals surface area contributed by atoms with Crippen molar-refractivity contribution in [2.24, 2.45) is 5.16 Å². The van der Waals surface area contributed by atoms with E-state index in [-0.39, 0.29) is 18.0 Å². The highest BCUT2D eigenvalue weighted by molar-refractivity contribution is 6.43. The zero-order valence-corrected chi connectivity index (χ0v) is 9.75. The zero-order chi connectivity index (χ0) is 13.0. The molecule has 0 unspecified atom stereocenters. The van der Waals surface area contributed by atoms with Gasteiger partial charge in [0.05, 0.1) is 7.11 Å². The molecule has 6 nitrogen and oxygen atoms in total. The first kappa shape index (κ1) is 12.1. The Morgan fingerprint density at radius 3 is 2.78 bits per heavy atom. The summed E-state index contributed by atoms with van der Waals surface area (Å²) in [6.07, 6.45) is -0.711. The number of hydrogen-bond acceptors (Lipinski definition) is 5. The van der Waals surface area contributed by atoms with E-state index in [0.717, 1.165) is 0 Å². The van der Waals surface area contributed by atoms with Gasteiger partial charge in [0.25, 0.3) is 5.91 Å². The summed E-state index contributed by atoms with van der Waals surface area (Å²) < 4.78 is 4.51. The maximum atomic E-state index is 11.8. The molecule has 0 fully saturated rings. The summed E-state index contributed by atoms with van der Waals surface area (Å²) in [4.78, 5) is 27.8. The minimum absolute atomic E-state index is 0.116.